The average Bonchev–Trinajstić information content (AvgIpc) is 2.42. The first-order valence-electron chi connectivity index (χ1n) is 5.21. The van der Waals surface area contributed by atoms with E-state index in [9.17, 15) is 4.79 Å². The van der Waals surface area contributed by atoms with Gasteiger partial charge in [0, 0.05) is 6.42 Å². The third kappa shape index (κ3) is 1.91. The highest BCUT2D eigenvalue weighted by Gasteiger charge is 2.46. The van der Waals surface area contributed by atoms with Crippen molar-refractivity contribution >= 4 is 5.97 Å². The number of esters is 1. The first kappa shape index (κ1) is 9.93. The molecule has 0 N–H and O–H groups in total. The van der Waals surface area contributed by atoms with Crippen LogP contribution in [0.25, 0.3) is 0 Å². The maximum absolute atomic E-state index is 11.3. The summed E-state index contributed by atoms with van der Waals surface area (Å²) in [5, 5.41) is 0. The van der Waals surface area contributed by atoms with Crippen molar-refractivity contribution in [3.05, 3.63) is 0 Å². The fourth-order valence-corrected chi connectivity index (χ4v) is 2.10. The van der Waals surface area contributed by atoms with Crippen molar-refractivity contribution in [1.82, 2.24) is 0 Å². The Morgan fingerprint density at radius 2 is 2.50 bits per heavy atom. The van der Waals surface area contributed by atoms with E-state index in [1.165, 1.54) is 0 Å². The van der Waals surface area contributed by atoms with Crippen LogP contribution in [0, 0.1) is 0 Å². The second-order valence-corrected chi connectivity index (χ2v) is 3.84. The molecule has 2 saturated heterocycles. The Labute approximate surface area is 83.5 Å². The van der Waals surface area contributed by atoms with Gasteiger partial charge in [-0.3, -0.25) is 4.79 Å². The predicted molar refractivity (Wildman–Crippen MR) is 48.7 cm³/mol. The van der Waals surface area contributed by atoms with Gasteiger partial charge in [-0.05, 0) is 19.8 Å². The minimum Gasteiger partial charge on any atom is -0.466 e. The molecular weight excluding hydrogens is 184 g/mol. The molecule has 2 fully saturated rings. The molecule has 2 aliphatic rings. The van der Waals surface area contributed by atoms with Crippen LogP contribution in [0.1, 0.15) is 32.6 Å². The highest BCUT2D eigenvalue weighted by Crippen LogP contribution is 2.38. The van der Waals surface area contributed by atoms with Gasteiger partial charge >= 0.3 is 5.97 Å². The van der Waals surface area contributed by atoms with Crippen molar-refractivity contribution in [3.63, 3.8) is 0 Å². The number of fused-ring (bicyclic) bond motifs is 2. The summed E-state index contributed by atoms with van der Waals surface area (Å²) in [5.74, 6) is -0.884. The lowest BCUT2D eigenvalue weighted by Crippen LogP contribution is -2.37. The Morgan fingerprint density at radius 3 is 3.29 bits per heavy atom. The molecule has 0 spiro atoms. The van der Waals surface area contributed by atoms with Crippen LogP contribution in [0.15, 0.2) is 0 Å². The minimum absolute atomic E-state index is 0.193. The van der Waals surface area contributed by atoms with Gasteiger partial charge in [-0.2, -0.15) is 0 Å². The summed E-state index contributed by atoms with van der Waals surface area (Å²) in [6.45, 7) is 2.84. The van der Waals surface area contributed by atoms with Gasteiger partial charge in [-0.1, -0.05) is 0 Å². The van der Waals surface area contributed by atoms with Gasteiger partial charge in [0.05, 0.1) is 25.7 Å². The van der Waals surface area contributed by atoms with Gasteiger partial charge in [0.15, 0.2) is 5.79 Å². The molecule has 0 aromatic heterocycles. The molecule has 2 unspecified atom stereocenters. The second-order valence-electron chi connectivity index (χ2n) is 3.84. The average molecular weight is 200 g/mol. The lowest BCUT2D eigenvalue weighted by Gasteiger charge is -2.30. The van der Waals surface area contributed by atoms with Gasteiger partial charge in [-0.15, -0.1) is 0 Å². The van der Waals surface area contributed by atoms with E-state index >= 15 is 0 Å². The highest BCUT2D eigenvalue weighted by atomic mass is 16.7. The third-order valence-corrected chi connectivity index (χ3v) is 2.72. The SMILES string of the molecule is CCOC(=O)CC12CCCC(CO1)O2. The van der Waals surface area contributed by atoms with E-state index in [4.69, 9.17) is 14.2 Å². The summed E-state index contributed by atoms with van der Waals surface area (Å²) in [6.07, 6.45) is 3.35. The van der Waals surface area contributed by atoms with E-state index in [-0.39, 0.29) is 18.5 Å². The fourth-order valence-electron chi connectivity index (χ4n) is 2.10. The Morgan fingerprint density at radius 1 is 1.64 bits per heavy atom. The zero-order valence-electron chi connectivity index (χ0n) is 8.45. The smallest absolute Gasteiger partial charge is 0.311 e. The number of hydrogen-bond donors (Lipinski definition) is 0. The number of hydrogen-bond acceptors (Lipinski definition) is 4. The van der Waals surface area contributed by atoms with Crippen molar-refractivity contribution in [2.75, 3.05) is 13.2 Å². The van der Waals surface area contributed by atoms with Crippen LogP contribution in [-0.2, 0) is 19.0 Å². The largest absolute Gasteiger partial charge is 0.466 e. The summed E-state index contributed by atoms with van der Waals surface area (Å²) in [6, 6.07) is 0. The van der Waals surface area contributed by atoms with Crippen molar-refractivity contribution in [2.24, 2.45) is 0 Å². The summed E-state index contributed by atoms with van der Waals surface area (Å²) in [5.41, 5.74) is 0. The highest BCUT2D eigenvalue weighted by molar-refractivity contribution is 5.70. The van der Waals surface area contributed by atoms with Gasteiger partial charge in [0.2, 0.25) is 0 Å². The van der Waals surface area contributed by atoms with Gasteiger partial charge in [-0.25, -0.2) is 0 Å². The van der Waals surface area contributed by atoms with Crippen LogP contribution in [-0.4, -0.2) is 31.1 Å². The third-order valence-electron chi connectivity index (χ3n) is 2.72. The number of rotatable bonds is 3. The van der Waals surface area contributed by atoms with Crippen molar-refractivity contribution in [1.29, 1.82) is 0 Å². The van der Waals surface area contributed by atoms with Crippen molar-refractivity contribution in [3.8, 4) is 0 Å². The van der Waals surface area contributed by atoms with Crippen LogP contribution in [0.2, 0.25) is 0 Å². The molecule has 2 rings (SSSR count). The molecular formula is C10H16O4. The molecule has 2 aliphatic heterocycles. The molecule has 2 heterocycles. The van der Waals surface area contributed by atoms with Crippen molar-refractivity contribution in [2.45, 2.75) is 44.5 Å². The lowest BCUT2D eigenvalue weighted by atomic mass is 10.0. The normalized spacial score (nSPS) is 35.6. The van der Waals surface area contributed by atoms with E-state index in [0.29, 0.717) is 13.2 Å². The van der Waals surface area contributed by atoms with Gasteiger partial charge in [0.25, 0.3) is 0 Å². The maximum atomic E-state index is 11.3. The molecule has 0 aliphatic carbocycles. The Kier molecular flexibility index (Phi) is 2.74. The monoisotopic (exact) mass is 200 g/mol. The van der Waals surface area contributed by atoms with Gasteiger partial charge < -0.3 is 14.2 Å². The van der Waals surface area contributed by atoms with Crippen LogP contribution in [0.5, 0.6) is 0 Å². The van der Waals surface area contributed by atoms with Crippen molar-refractivity contribution < 1.29 is 19.0 Å². The lowest BCUT2D eigenvalue weighted by molar-refractivity contribution is -0.202. The predicted octanol–water partition coefficient (Wildman–Crippen LogP) is 1.24. The second kappa shape index (κ2) is 3.87. The molecule has 0 saturated carbocycles. The first-order chi connectivity index (χ1) is 6.74. The molecule has 0 radical (unpaired) electrons. The quantitative estimate of drug-likeness (QED) is 0.643. The molecule has 0 aromatic rings. The fraction of sp³-hybridized carbons (Fsp3) is 0.900. The topological polar surface area (TPSA) is 44.8 Å². The standard InChI is InChI=1S/C10H16O4/c1-2-12-9(11)6-10-5-3-4-8(14-10)7-13-10/h8H,2-7H2,1H3. The molecule has 2 atom stereocenters. The first-order valence-corrected chi connectivity index (χ1v) is 5.21. The summed E-state index contributed by atoms with van der Waals surface area (Å²) in [4.78, 5) is 11.3. The summed E-state index contributed by atoms with van der Waals surface area (Å²) >= 11 is 0. The molecule has 0 aromatic carbocycles. The zero-order valence-corrected chi connectivity index (χ0v) is 8.45. The van der Waals surface area contributed by atoms with E-state index < -0.39 is 5.79 Å². The number of ether oxygens (including phenoxy) is 3. The zero-order chi connectivity index (χ0) is 10.0. The van der Waals surface area contributed by atoms with Gasteiger partial charge in [0.1, 0.15) is 0 Å². The Balaban J connectivity index is 1.92. The van der Waals surface area contributed by atoms with Crippen LogP contribution >= 0.6 is 0 Å². The summed E-state index contributed by atoms with van der Waals surface area (Å²) < 4.78 is 16.1. The molecule has 0 amide bonds. The number of carbonyl (C=O) groups excluding carboxylic acids is 1. The molecule has 14 heavy (non-hydrogen) atoms. The van der Waals surface area contributed by atoms with E-state index in [1.54, 1.807) is 6.92 Å². The Hall–Kier alpha value is -0.610. The van der Waals surface area contributed by atoms with E-state index in [1.807, 2.05) is 0 Å². The molecule has 4 heteroatoms. The minimum atomic E-state index is -0.658. The maximum Gasteiger partial charge on any atom is 0.311 e. The van der Waals surface area contributed by atoms with Crippen LogP contribution < -0.4 is 0 Å². The summed E-state index contributed by atoms with van der Waals surface area (Å²) in [7, 11) is 0. The van der Waals surface area contributed by atoms with Crippen LogP contribution in [0.3, 0.4) is 0 Å². The van der Waals surface area contributed by atoms with E-state index in [0.717, 1.165) is 19.3 Å². The molecule has 80 valence electrons. The van der Waals surface area contributed by atoms with Crippen LogP contribution in [0.4, 0.5) is 0 Å². The molecule has 2 bridgehead atoms. The molecule has 4 nitrogen and oxygen atoms in total. The Bertz CT molecular complexity index is 224. The number of carbonyl (C=O) groups is 1. The van der Waals surface area contributed by atoms with E-state index in [2.05, 4.69) is 0 Å².